The molecule has 2 aliphatic rings. The first-order valence-corrected chi connectivity index (χ1v) is 7.89. The lowest BCUT2D eigenvalue weighted by Gasteiger charge is -2.29. The maximum absolute atomic E-state index is 12.9. The van der Waals surface area contributed by atoms with Gasteiger partial charge in [-0.2, -0.15) is 13.2 Å². The van der Waals surface area contributed by atoms with E-state index in [0.29, 0.717) is 45.8 Å². The standard InChI is InChI=1S/C15H19F3N4O2/c1-10-19-12(15(16,17)18)8-13(20-10)22-3-2-11(9-22)14(23)21-4-6-24-7-5-21/h8,11H,2-7,9H2,1H3. The van der Waals surface area contributed by atoms with E-state index in [2.05, 4.69) is 9.97 Å². The summed E-state index contributed by atoms with van der Waals surface area (Å²) < 4.78 is 43.9. The van der Waals surface area contributed by atoms with Crippen molar-refractivity contribution in [2.24, 2.45) is 5.92 Å². The van der Waals surface area contributed by atoms with E-state index in [-0.39, 0.29) is 23.5 Å². The van der Waals surface area contributed by atoms with E-state index >= 15 is 0 Å². The third kappa shape index (κ3) is 3.61. The molecule has 1 amide bonds. The molecule has 1 aromatic heterocycles. The number of rotatable bonds is 2. The molecule has 3 rings (SSSR count). The minimum absolute atomic E-state index is 0.0441. The van der Waals surface area contributed by atoms with Gasteiger partial charge in [0.2, 0.25) is 5.91 Å². The fraction of sp³-hybridized carbons (Fsp3) is 0.667. The maximum Gasteiger partial charge on any atom is 0.433 e. The number of ether oxygens (including phenoxy) is 1. The number of aryl methyl sites for hydroxylation is 1. The molecule has 0 N–H and O–H groups in total. The second-order valence-electron chi connectivity index (χ2n) is 6.03. The third-order valence-corrected chi connectivity index (χ3v) is 4.30. The van der Waals surface area contributed by atoms with Crippen molar-refractivity contribution in [1.82, 2.24) is 14.9 Å². The van der Waals surface area contributed by atoms with E-state index in [1.807, 2.05) is 0 Å². The van der Waals surface area contributed by atoms with E-state index in [9.17, 15) is 18.0 Å². The summed E-state index contributed by atoms with van der Waals surface area (Å²) in [6.07, 6.45) is -3.90. The number of alkyl halides is 3. The molecule has 1 atom stereocenters. The Morgan fingerprint density at radius 2 is 1.96 bits per heavy atom. The largest absolute Gasteiger partial charge is 0.433 e. The van der Waals surface area contributed by atoms with Gasteiger partial charge in [-0.15, -0.1) is 0 Å². The number of hydrogen-bond acceptors (Lipinski definition) is 5. The second kappa shape index (κ2) is 6.54. The molecule has 0 bridgehead atoms. The lowest BCUT2D eigenvalue weighted by Crippen LogP contribution is -2.44. The predicted octanol–water partition coefficient (Wildman–Crippen LogP) is 1.49. The summed E-state index contributed by atoms with van der Waals surface area (Å²) in [6.45, 7) is 4.52. The Hall–Kier alpha value is -1.90. The van der Waals surface area contributed by atoms with Crippen LogP contribution in [0.25, 0.3) is 0 Å². The van der Waals surface area contributed by atoms with Gasteiger partial charge in [-0.05, 0) is 13.3 Å². The highest BCUT2D eigenvalue weighted by Crippen LogP contribution is 2.31. The molecule has 3 heterocycles. The predicted molar refractivity (Wildman–Crippen MR) is 79.5 cm³/mol. The van der Waals surface area contributed by atoms with Gasteiger partial charge in [-0.25, -0.2) is 9.97 Å². The zero-order valence-corrected chi connectivity index (χ0v) is 13.3. The highest BCUT2D eigenvalue weighted by atomic mass is 19.4. The number of carbonyl (C=O) groups is 1. The molecule has 132 valence electrons. The molecule has 0 aromatic carbocycles. The minimum atomic E-state index is -4.51. The van der Waals surface area contributed by atoms with Crippen molar-refractivity contribution >= 4 is 11.7 Å². The van der Waals surface area contributed by atoms with Crippen molar-refractivity contribution < 1.29 is 22.7 Å². The smallest absolute Gasteiger partial charge is 0.378 e. The molecule has 0 radical (unpaired) electrons. The molecule has 2 saturated heterocycles. The summed E-state index contributed by atoms with van der Waals surface area (Å²) >= 11 is 0. The molecule has 9 heteroatoms. The monoisotopic (exact) mass is 344 g/mol. The average molecular weight is 344 g/mol. The summed E-state index contributed by atoms with van der Waals surface area (Å²) in [4.78, 5) is 23.6. The Bertz CT molecular complexity index is 617. The van der Waals surface area contributed by atoms with Crippen LogP contribution in [0, 0.1) is 12.8 Å². The van der Waals surface area contributed by atoms with Crippen LogP contribution in [0.15, 0.2) is 6.07 Å². The highest BCUT2D eigenvalue weighted by Gasteiger charge is 2.36. The molecule has 1 unspecified atom stereocenters. The molecule has 0 spiro atoms. The van der Waals surface area contributed by atoms with Gasteiger partial charge >= 0.3 is 6.18 Å². The Balaban J connectivity index is 1.71. The Morgan fingerprint density at radius 1 is 1.25 bits per heavy atom. The lowest BCUT2D eigenvalue weighted by atomic mass is 10.1. The van der Waals surface area contributed by atoms with Crippen LogP contribution in [0.5, 0.6) is 0 Å². The van der Waals surface area contributed by atoms with Gasteiger partial charge in [0.1, 0.15) is 17.3 Å². The van der Waals surface area contributed by atoms with Crippen molar-refractivity contribution in [3.63, 3.8) is 0 Å². The Morgan fingerprint density at radius 3 is 2.62 bits per heavy atom. The quantitative estimate of drug-likeness (QED) is 0.814. The average Bonchev–Trinajstić information content (AvgIpc) is 3.03. The molecule has 2 aliphatic heterocycles. The zero-order chi connectivity index (χ0) is 17.3. The third-order valence-electron chi connectivity index (χ3n) is 4.30. The van der Waals surface area contributed by atoms with E-state index in [0.717, 1.165) is 6.07 Å². The fourth-order valence-electron chi connectivity index (χ4n) is 3.07. The number of aromatic nitrogens is 2. The van der Waals surface area contributed by atoms with Crippen molar-refractivity contribution in [2.75, 3.05) is 44.3 Å². The summed E-state index contributed by atoms with van der Waals surface area (Å²) in [6, 6.07) is 0.953. The summed E-state index contributed by atoms with van der Waals surface area (Å²) in [5.41, 5.74) is -0.951. The summed E-state index contributed by atoms with van der Waals surface area (Å²) in [5.74, 6) is 0.130. The second-order valence-corrected chi connectivity index (χ2v) is 6.03. The number of anilines is 1. The van der Waals surface area contributed by atoms with Gasteiger partial charge in [0, 0.05) is 32.2 Å². The van der Waals surface area contributed by atoms with Crippen LogP contribution >= 0.6 is 0 Å². The Labute approximate surface area is 137 Å². The first-order chi connectivity index (χ1) is 11.3. The first kappa shape index (κ1) is 16.9. The Kier molecular flexibility index (Phi) is 4.62. The van der Waals surface area contributed by atoms with Gasteiger partial charge in [-0.3, -0.25) is 4.79 Å². The van der Waals surface area contributed by atoms with Gasteiger partial charge in [0.05, 0.1) is 19.1 Å². The minimum Gasteiger partial charge on any atom is -0.378 e. The summed E-state index contributed by atoms with van der Waals surface area (Å²) in [5, 5.41) is 0. The molecule has 24 heavy (non-hydrogen) atoms. The number of nitrogens with zero attached hydrogens (tertiary/aromatic N) is 4. The number of halogens is 3. The summed E-state index contributed by atoms with van der Waals surface area (Å²) in [7, 11) is 0. The van der Waals surface area contributed by atoms with Gasteiger partial charge in [0.25, 0.3) is 0 Å². The van der Waals surface area contributed by atoms with E-state index in [1.165, 1.54) is 6.92 Å². The van der Waals surface area contributed by atoms with Gasteiger partial charge in [0.15, 0.2) is 0 Å². The number of hydrogen-bond donors (Lipinski definition) is 0. The molecule has 0 aliphatic carbocycles. The van der Waals surface area contributed by atoms with Crippen LogP contribution in [0.1, 0.15) is 17.9 Å². The molecule has 0 saturated carbocycles. The normalized spacial score (nSPS) is 22.1. The molecular weight excluding hydrogens is 325 g/mol. The van der Waals surface area contributed by atoms with Crippen LogP contribution in [-0.2, 0) is 15.7 Å². The van der Waals surface area contributed by atoms with Crippen LogP contribution < -0.4 is 4.90 Å². The van der Waals surface area contributed by atoms with Crippen LogP contribution in [0.4, 0.5) is 19.0 Å². The number of morpholine rings is 1. The molecule has 2 fully saturated rings. The zero-order valence-electron chi connectivity index (χ0n) is 13.3. The van der Waals surface area contributed by atoms with E-state index in [1.54, 1.807) is 9.80 Å². The number of amides is 1. The van der Waals surface area contributed by atoms with Crippen molar-refractivity contribution in [2.45, 2.75) is 19.5 Å². The van der Waals surface area contributed by atoms with E-state index < -0.39 is 11.9 Å². The molecule has 1 aromatic rings. The van der Waals surface area contributed by atoms with E-state index in [4.69, 9.17) is 4.74 Å². The van der Waals surface area contributed by atoms with Crippen molar-refractivity contribution in [3.05, 3.63) is 17.6 Å². The van der Waals surface area contributed by atoms with Gasteiger partial charge < -0.3 is 14.5 Å². The van der Waals surface area contributed by atoms with Crippen molar-refractivity contribution in [3.8, 4) is 0 Å². The highest BCUT2D eigenvalue weighted by molar-refractivity contribution is 5.80. The number of carbonyl (C=O) groups excluding carboxylic acids is 1. The van der Waals surface area contributed by atoms with Gasteiger partial charge in [-0.1, -0.05) is 0 Å². The molecule has 6 nitrogen and oxygen atoms in total. The first-order valence-electron chi connectivity index (χ1n) is 7.89. The van der Waals surface area contributed by atoms with Crippen LogP contribution in [0.2, 0.25) is 0 Å². The maximum atomic E-state index is 12.9. The van der Waals surface area contributed by atoms with Crippen LogP contribution in [-0.4, -0.2) is 60.2 Å². The SMILES string of the molecule is Cc1nc(N2CCC(C(=O)N3CCOCC3)C2)cc(C(F)(F)F)n1. The van der Waals surface area contributed by atoms with Crippen LogP contribution in [0.3, 0.4) is 0 Å². The molecular formula is C15H19F3N4O2. The topological polar surface area (TPSA) is 58.6 Å². The van der Waals surface area contributed by atoms with Crippen molar-refractivity contribution in [1.29, 1.82) is 0 Å². The lowest BCUT2D eigenvalue weighted by molar-refractivity contribution is -0.141. The fourth-order valence-corrected chi connectivity index (χ4v) is 3.07.